The zero-order valence-electron chi connectivity index (χ0n) is 16.3. The van der Waals surface area contributed by atoms with Crippen LogP contribution in [0.1, 0.15) is 31.7 Å². The Morgan fingerprint density at radius 2 is 1.55 bits per heavy atom. The van der Waals surface area contributed by atoms with Crippen LogP contribution in [0, 0.1) is 17.1 Å². The maximum atomic E-state index is 12.9. The van der Waals surface area contributed by atoms with Crippen LogP contribution in [0.5, 0.6) is 5.75 Å². The molecule has 0 aromatic heterocycles. The lowest BCUT2D eigenvalue weighted by Gasteiger charge is -2.34. The molecule has 1 heterocycles. The SMILES string of the molecule is C.N#CC(CCCN1CCN(CCOc2ccc(F)cc2)CC1)c1ccccc1. The molecule has 5 heteroatoms. The molecular formula is C24H32FN3O. The van der Waals surface area contributed by atoms with E-state index in [4.69, 9.17) is 4.74 Å². The minimum absolute atomic E-state index is 0. The predicted octanol–water partition coefficient (Wildman–Crippen LogP) is 4.55. The Morgan fingerprint density at radius 3 is 2.17 bits per heavy atom. The average Bonchev–Trinajstić information content (AvgIpc) is 2.74. The molecule has 3 rings (SSSR count). The van der Waals surface area contributed by atoms with Crippen molar-refractivity contribution in [1.29, 1.82) is 5.26 Å². The van der Waals surface area contributed by atoms with E-state index in [0.717, 1.165) is 57.7 Å². The number of piperazine rings is 1. The summed E-state index contributed by atoms with van der Waals surface area (Å²) in [6.07, 6.45) is 1.95. The number of hydrogen-bond donors (Lipinski definition) is 0. The fourth-order valence-corrected chi connectivity index (χ4v) is 3.57. The second-order valence-electron chi connectivity index (χ2n) is 7.22. The lowest BCUT2D eigenvalue weighted by atomic mass is 9.95. The Balaban J connectivity index is 0.00000300. The molecule has 1 aliphatic rings. The van der Waals surface area contributed by atoms with Gasteiger partial charge in [-0.15, -0.1) is 0 Å². The Labute approximate surface area is 174 Å². The lowest BCUT2D eigenvalue weighted by molar-refractivity contribution is 0.115. The standard InChI is InChI=1S/C23H28FN3O.CH4/c24-22-8-10-23(11-9-22)28-18-17-27-15-13-26(14-16-27)12-4-7-21(19-25)20-5-2-1-3-6-20;/h1-3,5-6,8-11,21H,4,7,12-18H2;1H4. The smallest absolute Gasteiger partial charge is 0.123 e. The third kappa shape index (κ3) is 7.49. The molecule has 0 spiro atoms. The second kappa shape index (κ2) is 12.2. The van der Waals surface area contributed by atoms with Crippen molar-refractivity contribution in [2.75, 3.05) is 45.9 Å². The first-order valence-corrected chi connectivity index (χ1v) is 10.0. The molecule has 0 N–H and O–H groups in total. The van der Waals surface area contributed by atoms with Crippen LogP contribution in [0.4, 0.5) is 4.39 Å². The highest BCUT2D eigenvalue weighted by atomic mass is 19.1. The molecule has 1 atom stereocenters. The van der Waals surface area contributed by atoms with Crippen molar-refractivity contribution in [2.45, 2.75) is 26.2 Å². The van der Waals surface area contributed by atoms with Crippen molar-refractivity contribution < 1.29 is 9.13 Å². The van der Waals surface area contributed by atoms with Gasteiger partial charge in [0.05, 0.1) is 12.0 Å². The molecule has 0 aliphatic carbocycles. The highest BCUT2D eigenvalue weighted by molar-refractivity contribution is 5.24. The molecular weight excluding hydrogens is 365 g/mol. The van der Waals surface area contributed by atoms with E-state index in [2.05, 4.69) is 15.9 Å². The summed E-state index contributed by atoms with van der Waals surface area (Å²) >= 11 is 0. The van der Waals surface area contributed by atoms with E-state index in [1.165, 1.54) is 12.1 Å². The van der Waals surface area contributed by atoms with E-state index in [0.29, 0.717) is 12.4 Å². The molecule has 0 radical (unpaired) electrons. The topological polar surface area (TPSA) is 39.5 Å². The molecule has 0 saturated carbocycles. The van der Waals surface area contributed by atoms with Gasteiger partial charge in [0, 0.05) is 32.7 Å². The minimum Gasteiger partial charge on any atom is -0.492 e. The normalized spacial score (nSPS) is 15.9. The quantitative estimate of drug-likeness (QED) is 0.622. The summed E-state index contributed by atoms with van der Waals surface area (Å²) in [5.74, 6) is 0.463. The third-order valence-corrected chi connectivity index (χ3v) is 5.28. The lowest BCUT2D eigenvalue weighted by Crippen LogP contribution is -2.47. The fraction of sp³-hybridized carbons (Fsp3) is 0.458. The highest BCUT2D eigenvalue weighted by Gasteiger charge is 2.17. The Hall–Kier alpha value is -2.42. The van der Waals surface area contributed by atoms with Crippen LogP contribution in [0.15, 0.2) is 54.6 Å². The highest BCUT2D eigenvalue weighted by Crippen LogP contribution is 2.20. The first kappa shape index (κ1) is 22.9. The molecule has 29 heavy (non-hydrogen) atoms. The van der Waals surface area contributed by atoms with E-state index in [1.807, 2.05) is 30.3 Å². The van der Waals surface area contributed by atoms with Crippen LogP contribution in [0.2, 0.25) is 0 Å². The summed E-state index contributed by atoms with van der Waals surface area (Å²) in [6, 6.07) is 18.7. The maximum absolute atomic E-state index is 12.9. The molecule has 156 valence electrons. The van der Waals surface area contributed by atoms with E-state index < -0.39 is 0 Å². The molecule has 2 aromatic rings. The van der Waals surface area contributed by atoms with Crippen LogP contribution in [0.3, 0.4) is 0 Å². The van der Waals surface area contributed by atoms with Gasteiger partial charge >= 0.3 is 0 Å². The van der Waals surface area contributed by atoms with Gasteiger partial charge in [-0.1, -0.05) is 37.8 Å². The number of hydrogen-bond acceptors (Lipinski definition) is 4. The van der Waals surface area contributed by atoms with Crippen molar-refractivity contribution >= 4 is 0 Å². The van der Waals surface area contributed by atoms with Crippen molar-refractivity contribution in [3.05, 3.63) is 66.0 Å². The molecule has 0 bridgehead atoms. The van der Waals surface area contributed by atoms with E-state index in [-0.39, 0.29) is 19.2 Å². The average molecular weight is 398 g/mol. The maximum Gasteiger partial charge on any atom is 0.123 e. The van der Waals surface area contributed by atoms with Gasteiger partial charge in [-0.3, -0.25) is 4.90 Å². The number of halogens is 1. The number of nitriles is 1. The predicted molar refractivity (Wildman–Crippen MR) is 116 cm³/mol. The largest absolute Gasteiger partial charge is 0.492 e. The van der Waals surface area contributed by atoms with E-state index in [1.54, 1.807) is 12.1 Å². The summed E-state index contributed by atoms with van der Waals surface area (Å²) in [5.41, 5.74) is 1.12. The number of benzene rings is 2. The zero-order chi connectivity index (χ0) is 19.6. The summed E-state index contributed by atoms with van der Waals surface area (Å²) in [5, 5.41) is 9.43. The summed E-state index contributed by atoms with van der Waals surface area (Å²) in [4.78, 5) is 4.89. The molecule has 0 amide bonds. The second-order valence-corrected chi connectivity index (χ2v) is 7.22. The molecule has 1 unspecified atom stereocenters. The van der Waals surface area contributed by atoms with Gasteiger partial charge in [-0.2, -0.15) is 5.26 Å². The fourth-order valence-electron chi connectivity index (χ4n) is 3.57. The van der Waals surface area contributed by atoms with E-state index >= 15 is 0 Å². The van der Waals surface area contributed by atoms with Crippen molar-refractivity contribution in [2.24, 2.45) is 0 Å². The van der Waals surface area contributed by atoms with Crippen LogP contribution in [-0.2, 0) is 0 Å². The van der Waals surface area contributed by atoms with Gasteiger partial charge in [0.1, 0.15) is 18.2 Å². The van der Waals surface area contributed by atoms with Gasteiger partial charge < -0.3 is 9.64 Å². The molecule has 1 aliphatic heterocycles. The first-order chi connectivity index (χ1) is 13.7. The van der Waals surface area contributed by atoms with Gasteiger partial charge in [0.15, 0.2) is 0 Å². The van der Waals surface area contributed by atoms with Crippen LogP contribution in [0.25, 0.3) is 0 Å². The van der Waals surface area contributed by atoms with Crippen molar-refractivity contribution in [3.63, 3.8) is 0 Å². The Kier molecular flexibility index (Phi) is 9.63. The van der Waals surface area contributed by atoms with Gasteiger partial charge in [0.2, 0.25) is 0 Å². The molecule has 4 nitrogen and oxygen atoms in total. The number of nitrogens with zero attached hydrogens (tertiary/aromatic N) is 3. The van der Waals surface area contributed by atoms with Crippen molar-refractivity contribution in [3.8, 4) is 11.8 Å². The Morgan fingerprint density at radius 1 is 0.931 bits per heavy atom. The summed E-state index contributed by atoms with van der Waals surface area (Å²) in [7, 11) is 0. The third-order valence-electron chi connectivity index (χ3n) is 5.28. The van der Waals surface area contributed by atoms with Crippen LogP contribution in [-0.4, -0.2) is 55.7 Å². The summed E-state index contributed by atoms with van der Waals surface area (Å²) < 4.78 is 18.6. The monoisotopic (exact) mass is 397 g/mol. The van der Waals surface area contributed by atoms with Crippen LogP contribution < -0.4 is 4.74 Å². The number of rotatable bonds is 9. The van der Waals surface area contributed by atoms with Crippen molar-refractivity contribution in [1.82, 2.24) is 9.80 Å². The first-order valence-electron chi connectivity index (χ1n) is 10.0. The van der Waals surface area contributed by atoms with E-state index in [9.17, 15) is 9.65 Å². The number of ether oxygens (including phenoxy) is 1. The van der Waals surface area contributed by atoms with Crippen LogP contribution >= 0.6 is 0 Å². The van der Waals surface area contributed by atoms with Gasteiger partial charge in [-0.25, -0.2) is 4.39 Å². The zero-order valence-corrected chi connectivity index (χ0v) is 16.3. The van der Waals surface area contributed by atoms with Gasteiger partial charge in [-0.05, 0) is 49.2 Å². The summed E-state index contributed by atoms with van der Waals surface area (Å²) in [6.45, 7) is 6.73. The molecule has 1 saturated heterocycles. The molecule has 1 fully saturated rings. The molecule has 2 aromatic carbocycles. The van der Waals surface area contributed by atoms with Gasteiger partial charge in [0.25, 0.3) is 0 Å². The Bertz CT molecular complexity index is 737. The minimum atomic E-state index is -0.242.